The number of rotatable bonds is 6. The molecule has 1 amide bonds. The van der Waals surface area contributed by atoms with Crippen LogP contribution in [0.15, 0.2) is 88.7 Å². The van der Waals surface area contributed by atoms with Gasteiger partial charge in [0.05, 0.1) is 5.69 Å². The molecule has 0 radical (unpaired) electrons. The van der Waals surface area contributed by atoms with Gasteiger partial charge in [0.2, 0.25) is 5.91 Å². The van der Waals surface area contributed by atoms with E-state index in [1.165, 1.54) is 11.1 Å². The first-order valence-corrected chi connectivity index (χ1v) is 10.4. The van der Waals surface area contributed by atoms with E-state index in [0.717, 1.165) is 21.9 Å². The van der Waals surface area contributed by atoms with Gasteiger partial charge < -0.3 is 5.32 Å². The lowest BCUT2D eigenvalue weighted by Gasteiger charge is -2.19. The van der Waals surface area contributed by atoms with Gasteiger partial charge in [-0.25, -0.2) is 0 Å². The minimum atomic E-state index is 0.0426. The van der Waals surface area contributed by atoms with Crippen molar-refractivity contribution in [2.24, 2.45) is 0 Å². The van der Waals surface area contributed by atoms with E-state index >= 15 is 0 Å². The summed E-state index contributed by atoms with van der Waals surface area (Å²) in [4.78, 5) is 14.7. The van der Waals surface area contributed by atoms with Crippen molar-refractivity contribution in [3.63, 3.8) is 0 Å². The van der Waals surface area contributed by atoms with E-state index in [1.54, 1.807) is 11.8 Å². The maximum absolute atomic E-state index is 12.5. The summed E-state index contributed by atoms with van der Waals surface area (Å²) in [6, 6.07) is 26.7. The summed E-state index contributed by atoms with van der Waals surface area (Å²) < 4.78 is 0. The molecule has 28 heavy (non-hydrogen) atoms. The molecule has 0 unspecified atom stereocenters. The van der Waals surface area contributed by atoms with E-state index in [4.69, 9.17) is 0 Å². The van der Waals surface area contributed by atoms with Crippen LogP contribution in [-0.2, 0) is 16.6 Å². The molecule has 0 aliphatic heterocycles. The third-order valence-electron chi connectivity index (χ3n) is 4.59. The summed E-state index contributed by atoms with van der Waals surface area (Å²) in [7, 11) is 0. The molecule has 0 aliphatic carbocycles. The Hall–Kier alpha value is -2.52. The second-order valence-corrected chi connectivity index (χ2v) is 9.02. The number of hydrogen-bond acceptors (Lipinski definition) is 2. The highest BCUT2D eigenvalue weighted by molar-refractivity contribution is 7.99. The molecule has 0 atom stereocenters. The number of hydrogen-bond donors (Lipinski definition) is 1. The van der Waals surface area contributed by atoms with E-state index in [0.29, 0.717) is 6.42 Å². The summed E-state index contributed by atoms with van der Waals surface area (Å²) >= 11 is 1.66. The molecule has 3 heteroatoms. The summed E-state index contributed by atoms with van der Waals surface area (Å²) in [5.41, 5.74) is 3.52. The van der Waals surface area contributed by atoms with Gasteiger partial charge in [-0.15, -0.1) is 0 Å². The lowest BCUT2D eigenvalue weighted by atomic mass is 9.86. The van der Waals surface area contributed by atoms with Crippen molar-refractivity contribution in [3.8, 4) is 0 Å². The third-order valence-corrected chi connectivity index (χ3v) is 5.68. The van der Waals surface area contributed by atoms with Gasteiger partial charge >= 0.3 is 0 Å². The zero-order chi connectivity index (χ0) is 20.0. The lowest BCUT2D eigenvalue weighted by Crippen LogP contribution is -2.13. The molecule has 144 valence electrons. The molecule has 0 saturated carbocycles. The number of para-hydroxylation sites is 1. The topological polar surface area (TPSA) is 29.1 Å². The first-order valence-electron chi connectivity index (χ1n) is 9.63. The van der Waals surface area contributed by atoms with Crippen molar-refractivity contribution >= 4 is 23.4 Å². The Bertz CT molecular complexity index is 911. The van der Waals surface area contributed by atoms with E-state index < -0.39 is 0 Å². The fourth-order valence-corrected chi connectivity index (χ4v) is 3.84. The minimum Gasteiger partial charge on any atom is -0.325 e. The van der Waals surface area contributed by atoms with Gasteiger partial charge in [-0.05, 0) is 47.2 Å². The molecule has 2 nitrogen and oxygen atoms in total. The van der Waals surface area contributed by atoms with Gasteiger partial charge in [-0.3, -0.25) is 4.79 Å². The van der Waals surface area contributed by atoms with Crippen molar-refractivity contribution in [1.82, 2.24) is 0 Å². The molecule has 0 spiro atoms. The second kappa shape index (κ2) is 9.11. The van der Waals surface area contributed by atoms with Crippen LogP contribution in [-0.4, -0.2) is 5.91 Å². The molecule has 0 aromatic heterocycles. The highest BCUT2D eigenvalue weighted by Crippen LogP contribution is 2.33. The summed E-state index contributed by atoms with van der Waals surface area (Å²) in [5.74, 6) is 0.0426. The second-order valence-electron chi connectivity index (χ2n) is 7.91. The smallest absolute Gasteiger partial charge is 0.224 e. The predicted octanol–water partition coefficient (Wildman–Crippen LogP) is 6.71. The maximum atomic E-state index is 12.5. The Morgan fingerprint density at radius 1 is 0.857 bits per heavy atom. The lowest BCUT2D eigenvalue weighted by molar-refractivity contribution is -0.116. The van der Waals surface area contributed by atoms with Gasteiger partial charge in [0.1, 0.15) is 0 Å². The van der Waals surface area contributed by atoms with Crippen LogP contribution in [0.4, 0.5) is 5.69 Å². The fourth-order valence-electron chi connectivity index (χ4n) is 2.92. The Morgan fingerprint density at radius 3 is 2.18 bits per heavy atom. The largest absolute Gasteiger partial charge is 0.325 e. The molecular formula is C25H27NOS. The van der Waals surface area contributed by atoms with Crippen LogP contribution < -0.4 is 5.32 Å². The van der Waals surface area contributed by atoms with E-state index in [-0.39, 0.29) is 11.3 Å². The quantitative estimate of drug-likeness (QED) is 0.508. The number of carbonyl (C=O) groups is 1. The van der Waals surface area contributed by atoms with Gasteiger partial charge in [-0.1, -0.05) is 87.1 Å². The van der Waals surface area contributed by atoms with Gasteiger partial charge in [0.15, 0.2) is 0 Å². The summed E-state index contributed by atoms with van der Waals surface area (Å²) in [5, 5.41) is 3.08. The van der Waals surface area contributed by atoms with Crippen LogP contribution in [0.25, 0.3) is 0 Å². The first-order chi connectivity index (χ1) is 13.4. The number of aryl methyl sites for hydroxylation is 1. The number of nitrogens with one attached hydrogen (secondary N) is 1. The molecule has 3 rings (SSSR count). The molecule has 0 heterocycles. The van der Waals surface area contributed by atoms with Crippen molar-refractivity contribution in [2.75, 3.05) is 5.32 Å². The zero-order valence-corrected chi connectivity index (χ0v) is 17.6. The SMILES string of the molecule is CC(C)(C)c1ccc(CCC(=O)Nc2ccccc2Sc2ccccc2)cc1. The van der Waals surface area contributed by atoms with Crippen molar-refractivity contribution in [2.45, 2.75) is 48.8 Å². The first kappa shape index (κ1) is 20.2. The van der Waals surface area contributed by atoms with Crippen molar-refractivity contribution in [3.05, 3.63) is 90.0 Å². The molecule has 0 bridgehead atoms. The molecule has 1 N–H and O–H groups in total. The van der Waals surface area contributed by atoms with Crippen LogP contribution in [0.3, 0.4) is 0 Å². The highest BCUT2D eigenvalue weighted by Gasteiger charge is 2.13. The third kappa shape index (κ3) is 5.74. The zero-order valence-electron chi connectivity index (χ0n) is 16.7. The van der Waals surface area contributed by atoms with Crippen LogP contribution in [0.2, 0.25) is 0 Å². The fraction of sp³-hybridized carbons (Fsp3) is 0.240. The van der Waals surface area contributed by atoms with Gasteiger partial charge in [0, 0.05) is 16.2 Å². The van der Waals surface area contributed by atoms with E-state index in [2.05, 4.69) is 62.5 Å². The number of amides is 1. The van der Waals surface area contributed by atoms with E-state index in [9.17, 15) is 4.79 Å². The van der Waals surface area contributed by atoms with E-state index in [1.807, 2.05) is 42.5 Å². The van der Waals surface area contributed by atoms with Gasteiger partial charge in [-0.2, -0.15) is 0 Å². The molecule has 0 aliphatic rings. The molecule has 3 aromatic carbocycles. The monoisotopic (exact) mass is 389 g/mol. The van der Waals surface area contributed by atoms with Crippen LogP contribution in [0, 0.1) is 0 Å². The van der Waals surface area contributed by atoms with Crippen molar-refractivity contribution in [1.29, 1.82) is 0 Å². The Morgan fingerprint density at radius 2 is 1.50 bits per heavy atom. The van der Waals surface area contributed by atoms with Gasteiger partial charge in [0.25, 0.3) is 0 Å². The minimum absolute atomic E-state index is 0.0426. The molecule has 3 aromatic rings. The Balaban J connectivity index is 1.59. The highest BCUT2D eigenvalue weighted by atomic mass is 32.2. The van der Waals surface area contributed by atoms with Crippen molar-refractivity contribution < 1.29 is 4.79 Å². The Labute approximate surface area is 172 Å². The standard InChI is InChI=1S/C25H27NOS/c1-25(2,3)20-16-13-19(14-17-20)15-18-24(27)26-22-11-7-8-12-23(22)28-21-9-5-4-6-10-21/h4-14,16-17H,15,18H2,1-3H3,(H,26,27). The van der Waals surface area contributed by atoms with Crippen LogP contribution in [0.1, 0.15) is 38.3 Å². The average Bonchev–Trinajstić information content (AvgIpc) is 2.68. The summed E-state index contributed by atoms with van der Waals surface area (Å²) in [6.45, 7) is 6.63. The normalized spacial score (nSPS) is 11.2. The molecular weight excluding hydrogens is 362 g/mol. The number of carbonyl (C=O) groups excluding carboxylic acids is 1. The molecule has 0 saturated heterocycles. The summed E-state index contributed by atoms with van der Waals surface area (Å²) in [6.07, 6.45) is 1.21. The predicted molar refractivity (Wildman–Crippen MR) is 119 cm³/mol. The number of benzene rings is 3. The van der Waals surface area contributed by atoms with Crippen LogP contribution in [0.5, 0.6) is 0 Å². The Kier molecular flexibility index (Phi) is 6.58. The molecule has 0 fully saturated rings. The van der Waals surface area contributed by atoms with Crippen LogP contribution >= 0.6 is 11.8 Å². The number of anilines is 1. The average molecular weight is 390 g/mol. The maximum Gasteiger partial charge on any atom is 0.224 e.